The molecule has 0 aliphatic carbocycles. The number of guanidine groups is 1. The molecule has 3 rings (SSSR count). The summed E-state index contributed by atoms with van der Waals surface area (Å²) < 4.78 is 0. The monoisotopic (exact) mass is 379 g/mol. The first-order valence-corrected chi connectivity index (χ1v) is 9.58. The quantitative estimate of drug-likeness (QED) is 0.552. The lowest BCUT2D eigenvalue weighted by Crippen LogP contribution is -2.40. The summed E-state index contributed by atoms with van der Waals surface area (Å²) in [4.78, 5) is 18.4. The van der Waals surface area contributed by atoms with E-state index in [2.05, 4.69) is 57.0 Å². The summed E-state index contributed by atoms with van der Waals surface area (Å²) in [6.45, 7) is 3.47. The Balaban J connectivity index is 1.59. The number of nitrogens with zero attached hydrogens (tertiary/aromatic N) is 2. The SMILES string of the molecule is CN=C(NCc1ccc(N(C)C)cc1C)NCC1CC(=O)Nc2ccccc21. The first-order valence-electron chi connectivity index (χ1n) is 9.58. The first-order chi connectivity index (χ1) is 13.5. The Hall–Kier alpha value is -3.02. The summed E-state index contributed by atoms with van der Waals surface area (Å²) in [5.74, 6) is 0.925. The Morgan fingerprint density at radius 1 is 1.21 bits per heavy atom. The van der Waals surface area contributed by atoms with E-state index in [4.69, 9.17) is 0 Å². The molecule has 0 aromatic heterocycles. The molecule has 1 amide bonds. The highest BCUT2D eigenvalue weighted by Crippen LogP contribution is 2.31. The van der Waals surface area contributed by atoms with Crippen molar-refractivity contribution in [3.63, 3.8) is 0 Å². The highest BCUT2D eigenvalue weighted by molar-refractivity contribution is 5.94. The van der Waals surface area contributed by atoms with Crippen molar-refractivity contribution >= 4 is 23.2 Å². The summed E-state index contributed by atoms with van der Waals surface area (Å²) in [6.07, 6.45) is 0.478. The van der Waals surface area contributed by atoms with E-state index in [-0.39, 0.29) is 11.8 Å². The summed E-state index contributed by atoms with van der Waals surface area (Å²) in [5, 5.41) is 9.69. The molecule has 0 bridgehead atoms. The van der Waals surface area contributed by atoms with E-state index >= 15 is 0 Å². The molecule has 148 valence electrons. The van der Waals surface area contributed by atoms with Gasteiger partial charge in [-0.1, -0.05) is 24.3 Å². The van der Waals surface area contributed by atoms with E-state index in [0.717, 1.165) is 11.6 Å². The largest absolute Gasteiger partial charge is 0.378 e. The van der Waals surface area contributed by atoms with Crippen LogP contribution in [-0.2, 0) is 11.3 Å². The van der Waals surface area contributed by atoms with Gasteiger partial charge in [-0.3, -0.25) is 9.79 Å². The minimum Gasteiger partial charge on any atom is -0.378 e. The van der Waals surface area contributed by atoms with Gasteiger partial charge in [-0.25, -0.2) is 0 Å². The fourth-order valence-electron chi connectivity index (χ4n) is 3.46. The van der Waals surface area contributed by atoms with Crippen molar-refractivity contribution in [3.05, 3.63) is 59.2 Å². The maximum Gasteiger partial charge on any atom is 0.225 e. The van der Waals surface area contributed by atoms with Crippen LogP contribution in [0.2, 0.25) is 0 Å². The van der Waals surface area contributed by atoms with E-state index in [1.54, 1.807) is 7.05 Å². The van der Waals surface area contributed by atoms with E-state index in [1.807, 2.05) is 32.3 Å². The first kappa shape index (κ1) is 19.7. The smallest absolute Gasteiger partial charge is 0.225 e. The lowest BCUT2D eigenvalue weighted by Gasteiger charge is -2.26. The number of carbonyl (C=O) groups excluding carboxylic acids is 1. The van der Waals surface area contributed by atoms with Crippen molar-refractivity contribution in [1.29, 1.82) is 0 Å². The molecule has 2 aromatic carbocycles. The predicted molar refractivity (Wildman–Crippen MR) is 116 cm³/mol. The highest BCUT2D eigenvalue weighted by atomic mass is 16.1. The maximum absolute atomic E-state index is 12.0. The molecule has 1 unspecified atom stereocenters. The van der Waals surface area contributed by atoms with Crippen molar-refractivity contribution in [1.82, 2.24) is 10.6 Å². The van der Waals surface area contributed by atoms with Gasteiger partial charge in [0.05, 0.1) is 0 Å². The Morgan fingerprint density at radius 2 is 2.00 bits per heavy atom. The zero-order chi connectivity index (χ0) is 20.1. The normalized spacial score (nSPS) is 16.2. The number of benzene rings is 2. The van der Waals surface area contributed by atoms with Gasteiger partial charge in [-0.2, -0.15) is 0 Å². The van der Waals surface area contributed by atoms with Crippen LogP contribution in [0.4, 0.5) is 11.4 Å². The van der Waals surface area contributed by atoms with Crippen molar-refractivity contribution in [2.75, 3.05) is 37.9 Å². The molecule has 2 aromatic rings. The zero-order valence-corrected chi connectivity index (χ0v) is 17.0. The molecule has 1 aliphatic rings. The minimum absolute atomic E-state index is 0.0602. The Bertz CT molecular complexity index is 875. The van der Waals surface area contributed by atoms with Crippen LogP contribution >= 0.6 is 0 Å². The van der Waals surface area contributed by atoms with Gasteiger partial charge in [-0.15, -0.1) is 0 Å². The number of anilines is 2. The van der Waals surface area contributed by atoms with Crippen LogP contribution in [0.25, 0.3) is 0 Å². The number of para-hydroxylation sites is 1. The highest BCUT2D eigenvalue weighted by Gasteiger charge is 2.24. The molecule has 0 saturated heterocycles. The number of aryl methyl sites for hydroxylation is 1. The third-order valence-corrected chi connectivity index (χ3v) is 5.13. The van der Waals surface area contributed by atoms with Gasteiger partial charge in [0.1, 0.15) is 0 Å². The number of nitrogens with one attached hydrogen (secondary N) is 3. The van der Waals surface area contributed by atoms with Crippen LogP contribution in [-0.4, -0.2) is 39.6 Å². The van der Waals surface area contributed by atoms with Gasteiger partial charge in [-0.05, 0) is 41.8 Å². The van der Waals surface area contributed by atoms with Gasteiger partial charge in [0, 0.05) is 57.9 Å². The fraction of sp³-hybridized carbons (Fsp3) is 0.364. The van der Waals surface area contributed by atoms with Gasteiger partial charge in [0.15, 0.2) is 5.96 Å². The molecule has 28 heavy (non-hydrogen) atoms. The fourth-order valence-corrected chi connectivity index (χ4v) is 3.46. The lowest BCUT2D eigenvalue weighted by atomic mass is 9.90. The second-order valence-corrected chi connectivity index (χ2v) is 7.35. The average molecular weight is 380 g/mol. The molecule has 0 spiro atoms. The Morgan fingerprint density at radius 3 is 2.71 bits per heavy atom. The Kier molecular flexibility index (Phi) is 6.19. The molecule has 0 saturated carbocycles. The third-order valence-electron chi connectivity index (χ3n) is 5.13. The number of aliphatic imine (C=N–C) groups is 1. The van der Waals surface area contributed by atoms with Gasteiger partial charge in [0.25, 0.3) is 0 Å². The van der Waals surface area contributed by atoms with Crippen molar-refractivity contribution in [2.24, 2.45) is 4.99 Å². The van der Waals surface area contributed by atoms with Crippen LogP contribution in [0, 0.1) is 6.92 Å². The molecule has 6 heteroatoms. The summed E-state index contributed by atoms with van der Waals surface area (Å²) in [6, 6.07) is 14.4. The number of hydrogen-bond acceptors (Lipinski definition) is 3. The average Bonchev–Trinajstić information content (AvgIpc) is 2.68. The summed E-state index contributed by atoms with van der Waals surface area (Å²) in [5.41, 5.74) is 5.74. The van der Waals surface area contributed by atoms with Crippen molar-refractivity contribution in [3.8, 4) is 0 Å². The Labute approximate surface area is 167 Å². The molecular formula is C22H29N5O. The number of hydrogen-bond donors (Lipinski definition) is 3. The summed E-state index contributed by atoms with van der Waals surface area (Å²) in [7, 11) is 5.85. The van der Waals surface area contributed by atoms with Crippen LogP contribution in [0.1, 0.15) is 29.0 Å². The van der Waals surface area contributed by atoms with Gasteiger partial charge < -0.3 is 20.9 Å². The molecule has 0 radical (unpaired) electrons. The topological polar surface area (TPSA) is 68.8 Å². The standard InChI is InChI=1S/C22H29N5O/c1-15-11-18(27(3)4)10-9-16(15)13-24-22(23-2)25-14-17-12-21(28)26-20-8-6-5-7-19(17)20/h5-11,17H,12-14H2,1-4H3,(H,26,28)(H2,23,24,25). The van der Waals surface area contributed by atoms with Crippen LogP contribution in [0.3, 0.4) is 0 Å². The van der Waals surface area contributed by atoms with Crippen LogP contribution in [0.15, 0.2) is 47.5 Å². The second kappa shape index (κ2) is 8.78. The van der Waals surface area contributed by atoms with E-state index in [9.17, 15) is 4.79 Å². The van der Waals surface area contributed by atoms with Gasteiger partial charge >= 0.3 is 0 Å². The van der Waals surface area contributed by atoms with Gasteiger partial charge in [0.2, 0.25) is 5.91 Å². The zero-order valence-electron chi connectivity index (χ0n) is 17.0. The molecule has 0 fully saturated rings. The second-order valence-electron chi connectivity index (χ2n) is 7.35. The van der Waals surface area contributed by atoms with Crippen molar-refractivity contribution in [2.45, 2.75) is 25.8 Å². The summed E-state index contributed by atoms with van der Waals surface area (Å²) >= 11 is 0. The van der Waals surface area contributed by atoms with Crippen molar-refractivity contribution < 1.29 is 4.79 Å². The lowest BCUT2D eigenvalue weighted by molar-refractivity contribution is -0.116. The maximum atomic E-state index is 12.0. The predicted octanol–water partition coefficient (Wildman–Crippen LogP) is 2.85. The van der Waals surface area contributed by atoms with E-state index in [1.165, 1.54) is 22.4 Å². The molecule has 1 aliphatic heterocycles. The van der Waals surface area contributed by atoms with Crippen LogP contribution in [0.5, 0.6) is 0 Å². The molecule has 1 heterocycles. The third kappa shape index (κ3) is 4.63. The molecule has 1 atom stereocenters. The minimum atomic E-state index is 0.0602. The molecule has 6 nitrogen and oxygen atoms in total. The number of rotatable bonds is 5. The van der Waals surface area contributed by atoms with Crippen LogP contribution < -0.4 is 20.9 Å². The van der Waals surface area contributed by atoms with E-state index in [0.29, 0.717) is 19.5 Å². The number of amides is 1. The molecule has 3 N–H and O–H groups in total. The number of fused-ring (bicyclic) bond motifs is 1. The van der Waals surface area contributed by atoms with E-state index < -0.39 is 0 Å². The molecular weight excluding hydrogens is 350 g/mol. The number of carbonyl (C=O) groups is 1.